The fourth-order valence-corrected chi connectivity index (χ4v) is 2.82. The van der Waals surface area contributed by atoms with Gasteiger partial charge in [-0.15, -0.1) is 0 Å². The molecule has 0 saturated carbocycles. The summed E-state index contributed by atoms with van der Waals surface area (Å²) in [5.41, 5.74) is 2.42. The smallest absolute Gasteiger partial charge is 0.221 e. The second-order valence-corrected chi connectivity index (χ2v) is 6.81. The molecule has 0 aliphatic rings. The van der Waals surface area contributed by atoms with Gasteiger partial charge in [-0.2, -0.15) is 0 Å². The monoisotopic (exact) mass is 399 g/mol. The van der Waals surface area contributed by atoms with E-state index in [-0.39, 0.29) is 12.5 Å². The van der Waals surface area contributed by atoms with Crippen LogP contribution in [-0.2, 0) is 11.3 Å². The van der Waals surface area contributed by atoms with Crippen LogP contribution in [0.15, 0.2) is 67.0 Å². The number of benzene rings is 2. The van der Waals surface area contributed by atoms with Gasteiger partial charge in [0.1, 0.15) is 18.5 Å². The Morgan fingerprint density at radius 3 is 2.64 bits per heavy atom. The number of carbonyl (C=O) groups excluding carboxylic acids is 1. The Morgan fingerprint density at radius 2 is 1.89 bits per heavy atom. The number of aliphatic hydroxyl groups is 1. The Labute approximate surface area is 168 Å². The van der Waals surface area contributed by atoms with Crippen molar-refractivity contribution < 1.29 is 14.6 Å². The van der Waals surface area contributed by atoms with Crippen LogP contribution in [0.3, 0.4) is 0 Å². The van der Waals surface area contributed by atoms with Gasteiger partial charge in [0, 0.05) is 30.0 Å². The first-order valence-electron chi connectivity index (χ1n) is 8.85. The number of aliphatic hydroxyl groups excluding tert-OH is 1. The molecule has 6 nitrogen and oxygen atoms in total. The Morgan fingerprint density at radius 1 is 1.14 bits per heavy atom. The summed E-state index contributed by atoms with van der Waals surface area (Å²) < 4.78 is 7.56. The lowest BCUT2D eigenvalue weighted by atomic mass is 10.3. The first-order valence-corrected chi connectivity index (χ1v) is 9.23. The Bertz CT molecular complexity index is 925. The maximum atomic E-state index is 11.3. The van der Waals surface area contributed by atoms with Crippen LogP contribution in [-0.4, -0.2) is 28.3 Å². The van der Waals surface area contributed by atoms with Gasteiger partial charge in [0.15, 0.2) is 0 Å². The number of rotatable bonds is 8. The normalized spacial score (nSPS) is 11.7. The van der Waals surface area contributed by atoms with E-state index in [0.29, 0.717) is 23.0 Å². The lowest BCUT2D eigenvalue weighted by Crippen LogP contribution is -2.23. The van der Waals surface area contributed by atoms with Crippen LogP contribution < -0.4 is 15.4 Å². The summed E-state index contributed by atoms with van der Waals surface area (Å²) >= 11 is 5.89. The molecule has 7 heteroatoms. The highest BCUT2D eigenvalue weighted by Gasteiger charge is 2.10. The van der Waals surface area contributed by atoms with E-state index >= 15 is 0 Å². The van der Waals surface area contributed by atoms with Gasteiger partial charge in [0.2, 0.25) is 5.91 Å². The van der Waals surface area contributed by atoms with Crippen molar-refractivity contribution in [1.29, 1.82) is 0 Å². The molecule has 2 aromatic carbocycles. The van der Waals surface area contributed by atoms with E-state index in [2.05, 4.69) is 10.6 Å². The van der Waals surface area contributed by atoms with Gasteiger partial charge in [-0.1, -0.05) is 23.7 Å². The predicted octanol–water partition coefficient (Wildman–Crippen LogP) is 4.28. The van der Waals surface area contributed by atoms with Gasteiger partial charge < -0.3 is 25.0 Å². The van der Waals surface area contributed by atoms with E-state index in [0.717, 1.165) is 11.4 Å². The van der Waals surface area contributed by atoms with E-state index in [9.17, 15) is 9.90 Å². The highest BCUT2D eigenvalue weighted by molar-refractivity contribution is 6.30. The third-order valence-electron chi connectivity index (χ3n) is 3.93. The zero-order valence-electron chi connectivity index (χ0n) is 15.4. The summed E-state index contributed by atoms with van der Waals surface area (Å²) in [6, 6.07) is 16.5. The van der Waals surface area contributed by atoms with E-state index < -0.39 is 6.10 Å². The molecule has 0 bridgehead atoms. The van der Waals surface area contributed by atoms with Crippen LogP contribution in [0.1, 0.15) is 6.92 Å². The summed E-state index contributed by atoms with van der Waals surface area (Å²) in [6.45, 7) is 1.92. The fourth-order valence-electron chi connectivity index (χ4n) is 2.70. The number of para-hydroxylation sites is 2. The lowest BCUT2D eigenvalue weighted by Gasteiger charge is -2.15. The minimum Gasteiger partial charge on any atom is -0.489 e. The van der Waals surface area contributed by atoms with Crippen molar-refractivity contribution in [3.63, 3.8) is 0 Å². The number of amides is 1. The van der Waals surface area contributed by atoms with Crippen LogP contribution in [0, 0.1) is 0 Å². The molecule has 3 rings (SSSR count). The number of ether oxygens (including phenoxy) is 1. The number of carbonyl (C=O) groups is 1. The molecule has 0 fully saturated rings. The summed E-state index contributed by atoms with van der Waals surface area (Å²) in [4.78, 5) is 11.3. The van der Waals surface area contributed by atoms with E-state index in [1.165, 1.54) is 6.92 Å². The van der Waals surface area contributed by atoms with Crippen LogP contribution in [0.4, 0.5) is 17.1 Å². The number of anilines is 3. The van der Waals surface area contributed by atoms with Crippen LogP contribution in [0.5, 0.6) is 5.75 Å². The Balaban J connectivity index is 1.53. The molecule has 3 N–H and O–H groups in total. The molecule has 146 valence electrons. The molecule has 0 aliphatic carbocycles. The third kappa shape index (κ3) is 5.77. The molecule has 1 amide bonds. The number of aromatic nitrogens is 1. The third-order valence-corrected chi connectivity index (χ3v) is 4.19. The van der Waals surface area contributed by atoms with Crippen molar-refractivity contribution in [3.05, 3.63) is 72.0 Å². The second-order valence-electron chi connectivity index (χ2n) is 6.37. The average molecular weight is 400 g/mol. The summed E-state index contributed by atoms with van der Waals surface area (Å²) in [6.07, 6.45) is 3.08. The van der Waals surface area contributed by atoms with E-state index in [4.69, 9.17) is 16.3 Å². The molecule has 1 unspecified atom stereocenters. The molecular formula is C21H22ClN3O3. The standard InChI is InChI=1S/C21H22ClN3O3/c1-15(26)23-20-4-2-3-5-21(20)28-14-19(27)13-25-11-10-18(12-25)24-17-8-6-16(22)7-9-17/h2-12,19,24,27H,13-14H2,1H3,(H,23,26). The number of nitrogens with one attached hydrogen (secondary N) is 2. The molecule has 0 saturated heterocycles. The molecule has 1 aromatic heterocycles. The minimum atomic E-state index is -0.707. The van der Waals surface area contributed by atoms with Gasteiger partial charge in [-0.25, -0.2) is 0 Å². The molecular weight excluding hydrogens is 378 g/mol. The highest BCUT2D eigenvalue weighted by atomic mass is 35.5. The zero-order valence-corrected chi connectivity index (χ0v) is 16.2. The van der Waals surface area contributed by atoms with Gasteiger partial charge in [-0.3, -0.25) is 4.79 Å². The molecule has 0 radical (unpaired) electrons. The maximum Gasteiger partial charge on any atom is 0.221 e. The first kappa shape index (κ1) is 19.8. The maximum absolute atomic E-state index is 11.3. The molecule has 0 aliphatic heterocycles. The largest absolute Gasteiger partial charge is 0.489 e. The predicted molar refractivity (Wildman–Crippen MR) is 111 cm³/mol. The number of halogens is 1. The lowest BCUT2D eigenvalue weighted by molar-refractivity contribution is -0.114. The Hall–Kier alpha value is -2.96. The summed E-state index contributed by atoms with van der Waals surface area (Å²) in [7, 11) is 0. The fraction of sp³-hybridized carbons (Fsp3) is 0.190. The Kier molecular flexibility index (Phi) is 6.57. The zero-order chi connectivity index (χ0) is 19.9. The van der Waals surface area contributed by atoms with Crippen LogP contribution in [0.2, 0.25) is 5.02 Å². The average Bonchev–Trinajstić information content (AvgIpc) is 3.09. The number of hydrogen-bond donors (Lipinski definition) is 3. The van der Waals surface area contributed by atoms with E-state index in [1.807, 2.05) is 59.4 Å². The second kappa shape index (κ2) is 9.30. The quantitative estimate of drug-likeness (QED) is 0.528. The molecule has 1 heterocycles. The van der Waals surface area contributed by atoms with E-state index in [1.54, 1.807) is 12.1 Å². The van der Waals surface area contributed by atoms with Gasteiger partial charge in [0.25, 0.3) is 0 Å². The van der Waals surface area contributed by atoms with Crippen molar-refractivity contribution in [1.82, 2.24) is 4.57 Å². The minimum absolute atomic E-state index is 0.106. The summed E-state index contributed by atoms with van der Waals surface area (Å²) in [5, 5.41) is 17.0. The number of hydrogen-bond acceptors (Lipinski definition) is 4. The van der Waals surface area contributed by atoms with Gasteiger partial charge in [0.05, 0.1) is 17.9 Å². The van der Waals surface area contributed by atoms with Crippen molar-refractivity contribution in [3.8, 4) is 5.75 Å². The molecule has 1 atom stereocenters. The first-order chi connectivity index (χ1) is 13.5. The molecule has 0 spiro atoms. The van der Waals surface area contributed by atoms with Gasteiger partial charge >= 0.3 is 0 Å². The van der Waals surface area contributed by atoms with Crippen LogP contribution >= 0.6 is 11.6 Å². The molecule has 28 heavy (non-hydrogen) atoms. The summed E-state index contributed by atoms with van der Waals surface area (Å²) in [5.74, 6) is 0.346. The highest BCUT2D eigenvalue weighted by Crippen LogP contribution is 2.24. The van der Waals surface area contributed by atoms with Crippen LogP contribution in [0.25, 0.3) is 0 Å². The topological polar surface area (TPSA) is 75.5 Å². The van der Waals surface area contributed by atoms with Gasteiger partial charge in [-0.05, 0) is 42.5 Å². The van der Waals surface area contributed by atoms with Crippen molar-refractivity contribution in [2.75, 3.05) is 17.2 Å². The van der Waals surface area contributed by atoms with Crippen molar-refractivity contribution >= 4 is 34.6 Å². The van der Waals surface area contributed by atoms with Crippen molar-refractivity contribution in [2.45, 2.75) is 19.6 Å². The number of nitrogens with zero attached hydrogens (tertiary/aromatic N) is 1. The SMILES string of the molecule is CC(=O)Nc1ccccc1OCC(O)Cn1ccc(Nc2ccc(Cl)cc2)c1. The molecule has 3 aromatic rings. The van der Waals surface area contributed by atoms with Crippen molar-refractivity contribution in [2.24, 2.45) is 0 Å².